The number of carbonyl (C=O) groups excluding carboxylic acids is 1. The van der Waals surface area contributed by atoms with Crippen LogP contribution in [0, 0.1) is 17.2 Å². The van der Waals surface area contributed by atoms with Crippen LogP contribution in [0.1, 0.15) is 32.8 Å². The summed E-state index contributed by atoms with van der Waals surface area (Å²) in [5.41, 5.74) is -1.69. The average Bonchev–Trinajstić information content (AvgIpc) is 2.86. The van der Waals surface area contributed by atoms with Crippen molar-refractivity contribution in [3.63, 3.8) is 0 Å². The number of halogens is 3. The molecule has 0 aliphatic carbocycles. The van der Waals surface area contributed by atoms with Gasteiger partial charge in [-0.1, -0.05) is 13.8 Å². The summed E-state index contributed by atoms with van der Waals surface area (Å²) in [5, 5.41) is 12.1. The molecule has 1 N–H and O–H groups in total. The molecular weight excluding hydrogens is 371 g/mol. The number of nitrogens with zero attached hydrogens (tertiary/aromatic N) is 4. The molecule has 1 fully saturated rings. The Balaban J connectivity index is 1.93. The fourth-order valence-corrected chi connectivity index (χ4v) is 2.93. The second-order valence-corrected chi connectivity index (χ2v) is 7.54. The molecule has 2 rings (SSSR count). The lowest BCUT2D eigenvalue weighted by molar-refractivity contribution is -0.137. The van der Waals surface area contributed by atoms with Gasteiger partial charge in [-0.3, -0.25) is 9.69 Å². The molecule has 0 spiro atoms. The lowest BCUT2D eigenvalue weighted by Crippen LogP contribution is -2.52. The summed E-state index contributed by atoms with van der Waals surface area (Å²) in [4.78, 5) is 20.2. The highest BCUT2D eigenvalue weighted by molar-refractivity contribution is 5.79. The Labute approximate surface area is 163 Å². The van der Waals surface area contributed by atoms with Crippen LogP contribution in [0.5, 0.6) is 0 Å². The van der Waals surface area contributed by atoms with Gasteiger partial charge in [0.05, 0.1) is 18.2 Å². The van der Waals surface area contributed by atoms with Crippen LogP contribution < -0.4 is 10.2 Å². The molecule has 154 valence electrons. The molecule has 0 bridgehead atoms. The Bertz CT molecular complexity index is 714. The van der Waals surface area contributed by atoms with Crippen molar-refractivity contribution in [2.45, 2.75) is 38.9 Å². The molecular formula is C19H26F3N5O. The van der Waals surface area contributed by atoms with Crippen LogP contribution in [0.4, 0.5) is 19.0 Å². The molecule has 1 amide bonds. The second-order valence-electron chi connectivity index (χ2n) is 7.54. The van der Waals surface area contributed by atoms with Gasteiger partial charge in [0.2, 0.25) is 5.91 Å². The van der Waals surface area contributed by atoms with Crippen LogP contribution in [-0.2, 0) is 11.0 Å². The summed E-state index contributed by atoms with van der Waals surface area (Å²) >= 11 is 0. The van der Waals surface area contributed by atoms with Crippen molar-refractivity contribution in [2.24, 2.45) is 5.92 Å². The third kappa shape index (κ3) is 5.58. The molecule has 0 saturated carbocycles. The van der Waals surface area contributed by atoms with E-state index in [9.17, 15) is 23.2 Å². The first-order chi connectivity index (χ1) is 13.0. The van der Waals surface area contributed by atoms with Gasteiger partial charge in [-0.2, -0.15) is 18.4 Å². The van der Waals surface area contributed by atoms with Gasteiger partial charge in [-0.05, 0) is 31.4 Å². The molecule has 1 aliphatic heterocycles. The fourth-order valence-electron chi connectivity index (χ4n) is 2.93. The van der Waals surface area contributed by atoms with E-state index in [0.29, 0.717) is 32.0 Å². The van der Waals surface area contributed by atoms with Gasteiger partial charge in [-0.25, -0.2) is 4.98 Å². The van der Waals surface area contributed by atoms with Crippen LogP contribution in [0.15, 0.2) is 18.3 Å². The van der Waals surface area contributed by atoms with E-state index >= 15 is 0 Å². The van der Waals surface area contributed by atoms with E-state index < -0.39 is 17.3 Å². The number of alkyl halides is 3. The highest BCUT2D eigenvalue weighted by Gasteiger charge is 2.32. The van der Waals surface area contributed by atoms with E-state index in [1.54, 1.807) is 6.92 Å². The summed E-state index contributed by atoms with van der Waals surface area (Å²) in [6.45, 7) is 8.13. The maximum atomic E-state index is 12.7. The predicted molar refractivity (Wildman–Crippen MR) is 99.5 cm³/mol. The van der Waals surface area contributed by atoms with Gasteiger partial charge < -0.3 is 10.2 Å². The maximum Gasteiger partial charge on any atom is 0.417 e. The Morgan fingerprint density at radius 1 is 1.29 bits per heavy atom. The van der Waals surface area contributed by atoms with Gasteiger partial charge in [0.1, 0.15) is 11.4 Å². The van der Waals surface area contributed by atoms with Crippen LogP contribution in [0.25, 0.3) is 0 Å². The number of aromatic nitrogens is 1. The van der Waals surface area contributed by atoms with Crippen LogP contribution >= 0.6 is 0 Å². The molecule has 6 nitrogen and oxygen atoms in total. The molecule has 9 heteroatoms. The van der Waals surface area contributed by atoms with Crippen LogP contribution in [0.3, 0.4) is 0 Å². The molecule has 0 radical (unpaired) electrons. The summed E-state index contributed by atoms with van der Waals surface area (Å²) in [6, 6.07) is 4.57. The van der Waals surface area contributed by atoms with Crippen molar-refractivity contribution in [2.75, 3.05) is 37.6 Å². The summed E-state index contributed by atoms with van der Waals surface area (Å²) in [7, 11) is 0. The van der Waals surface area contributed by atoms with Crippen molar-refractivity contribution in [1.82, 2.24) is 15.2 Å². The second kappa shape index (κ2) is 8.78. The number of hydrogen-bond donors (Lipinski definition) is 1. The Morgan fingerprint density at radius 3 is 2.54 bits per heavy atom. The predicted octanol–water partition coefficient (Wildman–Crippen LogP) is 2.67. The Kier molecular flexibility index (Phi) is 6.88. The number of carbonyl (C=O) groups is 1. The number of pyridine rings is 1. The van der Waals surface area contributed by atoms with Crippen LogP contribution in [-0.4, -0.2) is 54.1 Å². The highest BCUT2D eigenvalue weighted by Crippen LogP contribution is 2.29. The smallest absolute Gasteiger partial charge is 0.355 e. The zero-order valence-corrected chi connectivity index (χ0v) is 16.4. The van der Waals surface area contributed by atoms with E-state index in [4.69, 9.17) is 0 Å². The van der Waals surface area contributed by atoms with E-state index in [2.05, 4.69) is 16.4 Å². The minimum Gasteiger partial charge on any atom is -0.355 e. The SMILES string of the molecule is CC(C)[C@](C)(C#N)NC(=O)CN1CCCN(c2ccc(C(F)(F)F)cn2)CC1. The lowest BCUT2D eigenvalue weighted by Gasteiger charge is -2.29. The zero-order chi connectivity index (χ0) is 20.9. The molecule has 1 aliphatic rings. The first-order valence-corrected chi connectivity index (χ1v) is 9.28. The largest absolute Gasteiger partial charge is 0.417 e. The molecule has 1 atom stereocenters. The number of hydrogen-bond acceptors (Lipinski definition) is 5. The van der Waals surface area contributed by atoms with Crippen molar-refractivity contribution >= 4 is 11.7 Å². The standard InChI is InChI=1S/C19H26F3N5O/c1-14(2)18(3,13-23)25-17(28)12-26-7-4-8-27(10-9-26)16-6-5-15(11-24-16)19(20,21)22/h5-6,11,14H,4,7-10,12H2,1-3H3,(H,25,28)/t18-/m0/s1. The third-order valence-electron chi connectivity index (χ3n) is 5.14. The Morgan fingerprint density at radius 2 is 2.00 bits per heavy atom. The Hall–Kier alpha value is -2.34. The van der Waals surface area contributed by atoms with Crippen LogP contribution in [0.2, 0.25) is 0 Å². The van der Waals surface area contributed by atoms with Gasteiger partial charge >= 0.3 is 6.18 Å². The van der Waals surface area contributed by atoms with E-state index in [1.807, 2.05) is 23.6 Å². The molecule has 0 unspecified atom stereocenters. The summed E-state index contributed by atoms with van der Waals surface area (Å²) in [6.07, 6.45) is -2.79. The first-order valence-electron chi connectivity index (χ1n) is 9.28. The molecule has 1 aromatic heterocycles. The topological polar surface area (TPSA) is 72.3 Å². The van der Waals surface area contributed by atoms with Gasteiger partial charge in [0.25, 0.3) is 0 Å². The van der Waals surface area contributed by atoms with Crippen molar-refractivity contribution in [3.05, 3.63) is 23.9 Å². The number of anilines is 1. The minimum atomic E-state index is -4.40. The highest BCUT2D eigenvalue weighted by atomic mass is 19.4. The molecule has 1 aromatic rings. The van der Waals surface area contributed by atoms with Crippen molar-refractivity contribution in [1.29, 1.82) is 5.26 Å². The molecule has 0 aromatic carbocycles. The lowest BCUT2D eigenvalue weighted by atomic mass is 9.90. The monoisotopic (exact) mass is 397 g/mol. The average molecular weight is 397 g/mol. The molecule has 1 saturated heterocycles. The summed E-state index contributed by atoms with van der Waals surface area (Å²) < 4.78 is 38.0. The van der Waals surface area contributed by atoms with E-state index in [-0.39, 0.29) is 18.4 Å². The van der Waals surface area contributed by atoms with Gasteiger partial charge in [-0.15, -0.1) is 0 Å². The zero-order valence-electron chi connectivity index (χ0n) is 16.4. The normalized spacial score (nSPS) is 18.3. The molecule has 28 heavy (non-hydrogen) atoms. The number of nitrogens with one attached hydrogen (secondary N) is 1. The molecule has 2 heterocycles. The minimum absolute atomic E-state index is 0.0215. The van der Waals surface area contributed by atoms with Gasteiger partial charge in [0, 0.05) is 32.4 Å². The number of amides is 1. The van der Waals surface area contributed by atoms with Gasteiger partial charge in [0.15, 0.2) is 0 Å². The first kappa shape index (κ1) is 22.0. The van der Waals surface area contributed by atoms with Crippen molar-refractivity contribution < 1.29 is 18.0 Å². The van der Waals surface area contributed by atoms with E-state index in [0.717, 1.165) is 18.7 Å². The van der Waals surface area contributed by atoms with E-state index in [1.165, 1.54) is 6.07 Å². The maximum absolute atomic E-state index is 12.7. The number of rotatable bonds is 5. The number of nitriles is 1. The third-order valence-corrected chi connectivity index (χ3v) is 5.14. The quantitative estimate of drug-likeness (QED) is 0.827. The van der Waals surface area contributed by atoms with Crippen molar-refractivity contribution in [3.8, 4) is 6.07 Å². The fraction of sp³-hybridized carbons (Fsp3) is 0.632. The summed E-state index contributed by atoms with van der Waals surface area (Å²) in [5.74, 6) is 0.266.